The Morgan fingerprint density at radius 1 is 1.45 bits per heavy atom. The second kappa shape index (κ2) is 1.64. The number of aliphatic hydroxyl groups excluding tert-OH is 1. The zero-order chi connectivity index (χ0) is 7.64. The summed E-state index contributed by atoms with van der Waals surface area (Å²) in [5.41, 5.74) is 0.142. The normalized spacial score (nSPS) is 66.0. The Hall–Kier alpha value is -0.0800. The van der Waals surface area contributed by atoms with Crippen LogP contribution >= 0.6 is 0 Å². The van der Waals surface area contributed by atoms with Crippen molar-refractivity contribution in [3.05, 3.63) is 0 Å². The van der Waals surface area contributed by atoms with E-state index in [1.807, 2.05) is 0 Å². The lowest BCUT2D eigenvalue weighted by Crippen LogP contribution is -2.54. The lowest BCUT2D eigenvalue weighted by molar-refractivity contribution is -0.154. The van der Waals surface area contributed by atoms with Crippen molar-refractivity contribution in [2.24, 2.45) is 17.3 Å². The van der Waals surface area contributed by atoms with Gasteiger partial charge in [-0.25, -0.2) is 0 Å². The molecule has 5 unspecified atom stereocenters. The largest absolute Gasteiger partial charge is 0.367 e. The zero-order valence-electron chi connectivity index (χ0n) is 6.79. The molecule has 0 aromatic carbocycles. The molecular weight excluding hydrogens is 140 g/mol. The van der Waals surface area contributed by atoms with Crippen molar-refractivity contribution in [1.29, 1.82) is 0 Å². The Labute approximate surface area is 66.5 Å². The van der Waals surface area contributed by atoms with Crippen LogP contribution < -0.4 is 0 Å². The SMILES string of the molecule is CC12C3CCC(OC1O)C2C3. The van der Waals surface area contributed by atoms with Crippen molar-refractivity contribution in [2.45, 2.75) is 38.6 Å². The molecule has 3 aliphatic rings. The first-order valence-electron chi connectivity index (χ1n) is 4.56. The van der Waals surface area contributed by atoms with Crippen molar-refractivity contribution in [3.63, 3.8) is 0 Å². The van der Waals surface area contributed by atoms with Crippen molar-refractivity contribution in [1.82, 2.24) is 0 Å². The summed E-state index contributed by atoms with van der Waals surface area (Å²) in [6.07, 6.45) is 3.69. The fraction of sp³-hybridized carbons (Fsp3) is 1.00. The van der Waals surface area contributed by atoms with Crippen LogP contribution in [0.3, 0.4) is 0 Å². The minimum absolute atomic E-state index is 0.142. The maximum atomic E-state index is 9.64. The maximum Gasteiger partial charge on any atom is 0.160 e. The molecule has 1 saturated heterocycles. The van der Waals surface area contributed by atoms with E-state index in [0.29, 0.717) is 12.0 Å². The van der Waals surface area contributed by atoms with Crippen LogP contribution in [0.5, 0.6) is 0 Å². The van der Waals surface area contributed by atoms with Crippen LogP contribution in [0.4, 0.5) is 0 Å². The summed E-state index contributed by atoms with van der Waals surface area (Å²) in [5, 5.41) is 9.64. The van der Waals surface area contributed by atoms with Gasteiger partial charge in [-0.2, -0.15) is 0 Å². The molecule has 5 atom stereocenters. The minimum atomic E-state index is -0.459. The number of ether oxygens (including phenoxy) is 1. The van der Waals surface area contributed by atoms with E-state index in [1.165, 1.54) is 19.3 Å². The topological polar surface area (TPSA) is 29.5 Å². The van der Waals surface area contributed by atoms with Crippen molar-refractivity contribution < 1.29 is 9.84 Å². The summed E-state index contributed by atoms with van der Waals surface area (Å²) < 4.78 is 5.50. The summed E-state index contributed by atoms with van der Waals surface area (Å²) in [5.74, 6) is 1.43. The molecule has 0 amide bonds. The molecule has 2 heteroatoms. The predicted octanol–water partition coefficient (Wildman–Crippen LogP) is 1.14. The highest BCUT2D eigenvalue weighted by molar-refractivity contribution is 5.11. The monoisotopic (exact) mass is 154 g/mol. The Kier molecular flexibility index (Phi) is 0.961. The van der Waals surface area contributed by atoms with Crippen LogP contribution in [0.25, 0.3) is 0 Å². The smallest absolute Gasteiger partial charge is 0.160 e. The van der Waals surface area contributed by atoms with Crippen molar-refractivity contribution in [2.75, 3.05) is 0 Å². The molecule has 2 aliphatic carbocycles. The Morgan fingerprint density at radius 2 is 2.27 bits per heavy atom. The highest BCUT2D eigenvalue weighted by Crippen LogP contribution is 2.66. The van der Waals surface area contributed by atoms with Crippen LogP contribution in [-0.4, -0.2) is 17.5 Å². The molecule has 11 heavy (non-hydrogen) atoms. The van der Waals surface area contributed by atoms with Gasteiger partial charge in [0.25, 0.3) is 0 Å². The standard InChI is InChI=1S/C9H14O2/c1-9-5-2-3-7(6(9)4-5)11-8(9)10/h5-8,10H,2-4H2,1H3. The Bertz CT molecular complexity index is 198. The Morgan fingerprint density at radius 3 is 2.82 bits per heavy atom. The lowest BCUT2D eigenvalue weighted by atomic mass is 9.48. The predicted molar refractivity (Wildman–Crippen MR) is 39.8 cm³/mol. The molecule has 1 heterocycles. The third-order valence-corrected chi connectivity index (χ3v) is 4.30. The second-order valence-corrected chi connectivity index (χ2v) is 4.51. The third-order valence-electron chi connectivity index (χ3n) is 4.30. The molecule has 3 fully saturated rings. The first-order chi connectivity index (χ1) is 5.23. The van der Waals surface area contributed by atoms with Gasteiger partial charge in [0.1, 0.15) is 0 Å². The lowest BCUT2D eigenvalue weighted by Gasteiger charge is -2.54. The molecule has 0 radical (unpaired) electrons. The molecule has 0 aromatic rings. The number of hydrogen-bond donors (Lipinski definition) is 1. The van der Waals surface area contributed by atoms with Crippen LogP contribution in [-0.2, 0) is 4.74 Å². The number of rotatable bonds is 0. The van der Waals surface area contributed by atoms with Gasteiger partial charge < -0.3 is 9.84 Å². The molecule has 1 aliphatic heterocycles. The molecule has 2 nitrogen and oxygen atoms in total. The summed E-state index contributed by atoms with van der Waals surface area (Å²) in [6, 6.07) is 0. The molecule has 0 aromatic heterocycles. The first-order valence-corrected chi connectivity index (χ1v) is 4.56. The summed E-state index contributed by atoms with van der Waals surface area (Å²) in [7, 11) is 0. The number of aliphatic hydroxyl groups is 1. The van der Waals surface area contributed by atoms with Crippen LogP contribution in [0.2, 0.25) is 0 Å². The highest BCUT2D eigenvalue weighted by atomic mass is 16.6. The van der Waals surface area contributed by atoms with Gasteiger partial charge in [-0.15, -0.1) is 0 Å². The second-order valence-electron chi connectivity index (χ2n) is 4.51. The van der Waals surface area contributed by atoms with Crippen molar-refractivity contribution in [3.8, 4) is 0 Å². The van der Waals surface area contributed by atoms with Gasteiger partial charge >= 0.3 is 0 Å². The van der Waals surface area contributed by atoms with E-state index >= 15 is 0 Å². The van der Waals surface area contributed by atoms with Crippen LogP contribution in [0.15, 0.2) is 0 Å². The van der Waals surface area contributed by atoms with Gasteiger partial charge in [-0.1, -0.05) is 6.92 Å². The van der Waals surface area contributed by atoms with E-state index in [4.69, 9.17) is 4.74 Å². The Balaban J connectivity index is 2.03. The number of hydrogen-bond acceptors (Lipinski definition) is 2. The maximum absolute atomic E-state index is 9.64. The fourth-order valence-corrected chi connectivity index (χ4v) is 3.36. The van der Waals surface area contributed by atoms with Crippen molar-refractivity contribution >= 4 is 0 Å². The van der Waals surface area contributed by atoms with Crippen LogP contribution in [0.1, 0.15) is 26.2 Å². The first kappa shape index (κ1) is 6.44. The molecule has 1 N–H and O–H groups in total. The van der Waals surface area contributed by atoms with Gasteiger partial charge in [0.2, 0.25) is 0 Å². The molecule has 0 spiro atoms. The summed E-state index contributed by atoms with van der Waals surface area (Å²) in [4.78, 5) is 0. The van der Waals surface area contributed by atoms with Gasteiger partial charge in [0.05, 0.1) is 6.10 Å². The summed E-state index contributed by atoms with van der Waals surface area (Å²) in [6.45, 7) is 2.19. The minimum Gasteiger partial charge on any atom is -0.367 e. The van der Waals surface area contributed by atoms with Crippen LogP contribution in [0, 0.1) is 17.3 Å². The average molecular weight is 154 g/mol. The van der Waals surface area contributed by atoms with E-state index in [1.54, 1.807) is 0 Å². The quantitative estimate of drug-likeness (QED) is 0.567. The van der Waals surface area contributed by atoms with E-state index in [0.717, 1.165) is 5.92 Å². The fourth-order valence-electron chi connectivity index (χ4n) is 3.36. The zero-order valence-corrected chi connectivity index (χ0v) is 6.79. The molecule has 62 valence electrons. The molecule has 2 saturated carbocycles. The van der Waals surface area contributed by atoms with Gasteiger partial charge in [0, 0.05) is 5.41 Å². The van der Waals surface area contributed by atoms with Gasteiger partial charge in [-0.3, -0.25) is 0 Å². The van der Waals surface area contributed by atoms with E-state index in [9.17, 15) is 5.11 Å². The molecular formula is C9H14O2. The average Bonchev–Trinajstić information content (AvgIpc) is 2.12. The van der Waals surface area contributed by atoms with E-state index in [2.05, 4.69) is 6.92 Å². The molecule has 3 rings (SSSR count). The third kappa shape index (κ3) is 0.510. The van der Waals surface area contributed by atoms with Gasteiger partial charge in [0.15, 0.2) is 6.29 Å². The highest BCUT2D eigenvalue weighted by Gasteiger charge is 2.66. The van der Waals surface area contributed by atoms with E-state index in [-0.39, 0.29) is 5.41 Å². The summed E-state index contributed by atoms with van der Waals surface area (Å²) >= 11 is 0. The molecule has 4 bridgehead atoms. The van der Waals surface area contributed by atoms with Gasteiger partial charge in [-0.05, 0) is 31.1 Å². The van der Waals surface area contributed by atoms with E-state index < -0.39 is 6.29 Å².